The zero-order valence-electron chi connectivity index (χ0n) is 12.2. The van der Waals surface area contributed by atoms with Crippen LogP contribution in [0.15, 0.2) is 36.8 Å². The highest BCUT2D eigenvalue weighted by Gasteiger charge is 2.21. The van der Waals surface area contributed by atoms with E-state index >= 15 is 0 Å². The quantitative estimate of drug-likeness (QED) is 0.759. The average Bonchev–Trinajstić information content (AvgIpc) is 3.13. The molecule has 4 rings (SSSR count). The molecule has 2 heterocycles. The van der Waals surface area contributed by atoms with E-state index in [-0.39, 0.29) is 11.9 Å². The lowest BCUT2D eigenvalue weighted by atomic mass is 9.93. The van der Waals surface area contributed by atoms with Crippen LogP contribution in [0.3, 0.4) is 0 Å². The van der Waals surface area contributed by atoms with Crippen LogP contribution in [0.5, 0.6) is 0 Å². The Morgan fingerprint density at radius 1 is 1.23 bits per heavy atom. The van der Waals surface area contributed by atoms with E-state index in [1.165, 1.54) is 12.1 Å². The number of fused-ring (bicyclic) bond motifs is 1. The van der Waals surface area contributed by atoms with E-state index in [4.69, 9.17) is 0 Å². The lowest BCUT2D eigenvalue weighted by molar-refractivity contribution is 0.108. The first-order valence-electron chi connectivity index (χ1n) is 7.70. The molecule has 1 aliphatic carbocycles. The van der Waals surface area contributed by atoms with Crippen molar-refractivity contribution in [1.29, 1.82) is 0 Å². The summed E-state index contributed by atoms with van der Waals surface area (Å²) in [5.74, 6) is -0.239. The SMILES string of the molecule is OC1CCC(n2cc(-c3c[nH]c4cc(F)ccc34)cn2)CC1. The highest BCUT2D eigenvalue weighted by molar-refractivity contribution is 5.95. The number of nitrogens with one attached hydrogen (secondary N) is 1. The predicted molar refractivity (Wildman–Crippen MR) is 83.0 cm³/mol. The van der Waals surface area contributed by atoms with Gasteiger partial charge in [0.25, 0.3) is 0 Å². The molecule has 1 aromatic carbocycles. The molecular weight excluding hydrogens is 281 g/mol. The predicted octanol–water partition coefficient (Wildman–Crippen LogP) is 3.65. The van der Waals surface area contributed by atoms with Crippen molar-refractivity contribution in [2.45, 2.75) is 37.8 Å². The lowest BCUT2D eigenvalue weighted by Gasteiger charge is -2.25. The lowest BCUT2D eigenvalue weighted by Crippen LogP contribution is -2.21. The minimum absolute atomic E-state index is 0.158. The van der Waals surface area contributed by atoms with E-state index in [2.05, 4.69) is 10.1 Å². The maximum Gasteiger partial charge on any atom is 0.125 e. The maximum absolute atomic E-state index is 13.3. The molecule has 1 aliphatic rings. The van der Waals surface area contributed by atoms with Gasteiger partial charge in [-0.2, -0.15) is 5.10 Å². The summed E-state index contributed by atoms with van der Waals surface area (Å²) in [6.45, 7) is 0. The zero-order chi connectivity index (χ0) is 15.1. The summed E-state index contributed by atoms with van der Waals surface area (Å²) < 4.78 is 15.3. The molecule has 5 heteroatoms. The second-order valence-electron chi connectivity index (χ2n) is 6.06. The molecule has 0 bridgehead atoms. The number of aliphatic hydroxyl groups excluding tert-OH is 1. The summed E-state index contributed by atoms with van der Waals surface area (Å²) in [6.07, 6.45) is 9.25. The van der Waals surface area contributed by atoms with Gasteiger partial charge in [0.15, 0.2) is 0 Å². The van der Waals surface area contributed by atoms with Gasteiger partial charge >= 0.3 is 0 Å². The zero-order valence-corrected chi connectivity index (χ0v) is 12.2. The minimum Gasteiger partial charge on any atom is -0.393 e. The van der Waals surface area contributed by atoms with E-state index in [0.717, 1.165) is 47.7 Å². The van der Waals surface area contributed by atoms with Crippen LogP contribution >= 0.6 is 0 Å². The standard InChI is InChI=1S/C17H18FN3O/c18-12-1-6-15-16(9-19-17(15)7-12)11-8-20-21(10-11)13-2-4-14(22)5-3-13/h1,6-10,13-14,19,22H,2-5H2. The van der Waals surface area contributed by atoms with E-state index in [0.29, 0.717) is 6.04 Å². The highest BCUT2D eigenvalue weighted by atomic mass is 19.1. The van der Waals surface area contributed by atoms with Crippen molar-refractivity contribution < 1.29 is 9.50 Å². The molecule has 2 aromatic heterocycles. The van der Waals surface area contributed by atoms with Crippen LogP contribution in [0.25, 0.3) is 22.0 Å². The Bertz CT molecular complexity index is 799. The Kier molecular flexibility index (Phi) is 3.22. The van der Waals surface area contributed by atoms with E-state index < -0.39 is 0 Å². The number of aliphatic hydroxyl groups is 1. The molecule has 0 atom stereocenters. The third-order valence-corrected chi connectivity index (χ3v) is 4.60. The monoisotopic (exact) mass is 299 g/mol. The third kappa shape index (κ3) is 2.31. The fraction of sp³-hybridized carbons (Fsp3) is 0.353. The van der Waals surface area contributed by atoms with Crippen molar-refractivity contribution in [2.24, 2.45) is 0 Å². The van der Waals surface area contributed by atoms with Crippen LogP contribution in [0.2, 0.25) is 0 Å². The van der Waals surface area contributed by atoms with Crippen molar-refractivity contribution in [3.05, 3.63) is 42.6 Å². The van der Waals surface area contributed by atoms with E-state index in [1.807, 2.05) is 23.3 Å². The molecule has 0 radical (unpaired) electrons. The molecule has 22 heavy (non-hydrogen) atoms. The Morgan fingerprint density at radius 2 is 2.05 bits per heavy atom. The van der Waals surface area contributed by atoms with Crippen molar-refractivity contribution in [1.82, 2.24) is 14.8 Å². The molecule has 2 N–H and O–H groups in total. The molecule has 0 spiro atoms. The molecule has 0 unspecified atom stereocenters. The maximum atomic E-state index is 13.3. The summed E-state index contributed by atoms with van der Waals surface area (Å²) in [7, 11) is 0. The number of aromatic amines is 1. The first-order valence-corrected chi connectivity index (χ1v) is 7.70. The van der Waals surface area contributed by atoms with Gasteiger partial charge in [0, 0.05) is 34.4 Å². The number of nitrogens with zero attached hydrogens (tertiary/aromatic N) is 2. The van der Waals surface area contributed by atoms with E-state index in [9.17, 15) is 9.50 Å². The van der Waals surface area contributed by atoms with Gasteiger partial charge in [-0.1, -0.05) is 0 Å². The number of rotatable bonds is 2. The number of hydrogen-bond donors (Lipinski definition) is 2. The number of hydrogen-bond acceptors (Lipinski definition) is 2. The number of benzene rings is 1. The Labute approximate surface area is 127 Å². The van der Waals surface area contributed by atoms with Gasteiger partial charge in [0.05, 0.1) is 18.3 Å². The van der Waals surface area contributed by atoms with Crippen LogP contribution < -0.4 is 0 Å². The van der Waals surface area contributed by atoms with Gasteiger partial charge in [-0.25, -0.2) is 4.39 Å². The summed E-state index contributed by atoms with van der Waals surface area (Å²) in [6, 6.07) is 5.14. The molecule has 4 nitrogen and oxygen atoms in total. The summed E-state index contributed by atoms with van der Waals surface area (Å²) in [4.78, 5) is 3.11. The molecule has 0 saturated heterocycles. The number of aromatic nitrogens is 3. The molecule has 3 aromatic rings. The van der Waals surface area contributed by atoms with Crippen LogP contribution in [-0.2, 0) is 0 Å². The fourth-order valence-corrected chi connectivity index (χ4v) is 3.34. The van der Waals surface area contributed by atoms with Gasteiger partial charge < -0.3 is 10.1 Å². The summed E-state index contributed by atoms with van der Waals surface area (Å²) in [5.41, 5.74) is 2.87. The van der Waals surface area contributed by atoms with Crippen molar-refractivity contribution >= 4 is 10.9 Å². The Morgan fingerprint density at radius 3 is 2.86 bits per heavy atom. The van der Waals surface area contributed by atoms with Crippen molar-refractivity contribution in [3.8, 4) is 11.1 Å². The van der Waals surface area contributed by atoms with Gasteiger partial charge in [-0.15, -0.1) is 0 Å². The fourth-order valence-electron chi connectivity index (χ4n) is 3.34. The Balaban J connectivity index is 1.65. The van der Waals surface area contributed by atoms with Crippen molar-refractivity contribution in [3.63, 3.8) is 0 Å². The number of H-pyrrole nitrogens is 1. The molecular formula is C17H18FN3O. The normalized spacial score (nSPS) is 22.3. The number of halogens is 1. The molecule has 1 fully saturated rings. The van der Waals surface area contributed by atoms with Gasteiger partial charge in [-0.05, 0) is 43.9 Å². The molecule has 0 aliphatic heterocycles. The first kappa shape index (κ1) is 13.5. The topological polar surface area (TPSA) is 53.8 Å². The van der Waals surface area contributed by atoms with Gasteiger partial charge in [-0.3, -0.25) is 4.68 Å². The molecule has 0 amide bonds. The largest absolute Gasteiger partial charge is 0.393 e. The highest BCUT2D eigenvalue weighted by Crippen LogP contribution is 2.32. The van der Waals surface area contributed by atoms with Crippen molar-refractivity contribution in [2.75, 3.05) is 0 Å². The minimum atomic E-state index is -0.239. The summed E-state index contributed by atoms with van der Waals surface area (Å²) >= 11 is 0. The first-order chi connectivity index (χ1) is 10.7. The van der Waals surface area contributed by atoms with E-state index in [1.54, 1.807) is 6.07 Å². The van der Waals surface area contributed by atoms with Gasteiger partial charge in [0.1, 0.15) is 5.82 Å². The Hall–Kier alpha value is -2.14. The smallest absolute Gasteiger partial charge is 0.125 e. The van der Waals surface area contributed by atoms with Gasteiger partial charge in [0.2, 0.25) is 0 Å². The van der Waals surface area contributed by atoms with Crippen LogP contribution in [0.4, 0.5) is 4.39 Å². The molecule has 114 valence electrons. The second kappa shape index (κ2) is 5.25. The van der Waals surface area contributed by atoms with Crippen LogP contribution in [0, 0.1) is 5.82 Å². The third-order valence-electron chi connectivity index (χ3n) is 4.60. The molecule has 1 saturated carbocycles. The second-order valence-corrected chi connectivity index (χ2v) is 6.06. The average molecular weight is 299 g/mol. The summed E-state index contributed by atoms with van der Waals surface area (Å²) in [5, 5.41) is 15.1. The van der Waals surface area contributed by atoms with Crippen LogP contribution in [0.1, 0.15) is 31.7 Å². The van der Waals surface area contributed by atoms with Crippen LogP contribution in [-0.4, -0.2) is 26.0 Å².